The lowest BCUT2D eigenvalue weighted by Gasteiger charge is -2.13. The maximum atomic E-state index is 4.71. The summed E-state index contributed by atoms with van der Waals surface area (Å²) in [7, 11) is 1.97. The highest BCUT2D eigenvalue weighted by Gasteiger charge is 2.05. The van der Waals surface area contributed by atoms with Gasteiger partial charge >= 0.3 is 0 Å². The van der Waals surface area contributed by atoms with E-state index in [2.05, 4.69) is 68.2 Å². The van der Waals surface area contributed by atoms with Gasteiger partial charge in [0.1, 0.15) is 12.4 Å². The van der Waals surface area contributed by atoms with Crippen molar-refractivity contribution in [3.63, 3.8) is 0 Å². The number of aliphatic imine (C=N–C) groups is 1. The molecule has 0 saturated carbocycles. The van der Waals surface area contributed by atoms with Gasteiger partial charge in [-0.25, -0.2) is 4.99 Å². The number of thioether (sulfide) groups is 1. The van der Waals surface area contributed by atoms with Gasteiger partial charge in [0.05, 0.1) is 0 Å². The second-order valence-electron chi connectivity index (χ2n) is 7.01. The minimum Gasteiger partial charge on any atom is -0.356 e. The van der Waals surface area contributed by atoms with E-state index in [-0.39, 0.29) is 0 Å². The molecule has 0 saturated heterocycles. The van der Waals surface area contributed by atoms with Gasteiger partial charge < -0.3 is 19.8 Å². The van der Waals surface area contributed by atoms with E-state index < -0.39 is 0 Å². The Kier molecular flexibility index (Phi) is 7.98. The van der Waals surface area contributed by atoms with E-state index in [1.54, 1.807) is 0 Å². The molecule has 0 spiro atoms. The minimum atomic E-state index is 0.511. The molecule has 2 N–H and O–H groups in total. The van der Waals surface area contributed by atoms with Crippen molar-refractivity contribution >= 4 is 28.6 Å². The molecule has 0 atom stereocenters. The molecular weight excluding hydrogens is 382 g/mol. The maximum absolute atomic E-state index is 4.71. The molecule has 0 radical (unpaired) electrons. The van der Waals surface area contributed by atoms with Crippen molar-refractivity contribution in [2.75, 3.05) is 25.1 Å². The third-order valence-electron chi connectivity index (χ3n) is 4.93. The predicted octanol–water partition coefficient (Wildman–Crippen LogP) is 2.96. The quantitative estimate of drug-likeness (QED) is 0.304. The Morgan fingerprint density at radius 1 is 1.10 bits per heavy atom. The average molecular weight is 414 g/mol. The summed E-state index contributed by atoms with van der Waals surface area (Å²) in [6.45, 7) is 5.21. The van der Waals surface area contributed by atoms with Crippen LogP contribution in [0.5, 0.6) is 0 Å². The molecule has 2 heterocycles. The zero-order valence-electron chi connectivity index (χ0n) is 17.6. The number of fused-ring (bicyclic) bond motifs is 1. The summed E-state index contributed by atoms with van der Waals surface area (Å²) < 4.78 is 4.29. The van der Waals surface area contributed by atoms with Gasteiger partial charge in [0.15, 0.2) is 11.8 Å². The van der Waals surface area contributed by atoms with Gasteiger partial charge in [0.25, 0.3) is 0 Å². The first kappa shape index (κ1) is 21.2. The lowest BCUT2D eigenvalue weighted by molar-refractivity contribution is 0.638. The molecular formula is C21H31N7S. The van der Waals surface area contributed by atoms with Crippen LogP contribution in [0.2, 0.25) is 0 Å². The van der Waals surface area contributed by atoms with E-state index in [1.807, 2.05) is 30.3 Å². The molecule has 7 nitrogen and oxygen atoms in total. The maximum Gasteiger partial charge on any atom is 0.191 e. The predicted molar refractivity (Wildman–Crippen MR) is 122 cm³/mol. The molecule has 3 rings (SSSR count). The van der Waals surface area contributed by atoms with E-state index in [0.717, 1.165) is 55.8 Å². The van der Waals surface area contributed by atoms with Crippen LogP contribution in [-0.2, 0) is 20.1 Å². The molecule has 156 valence electrons. The summed E-state index contributed by atoms with van der Waals surface area (Å²) in [6.07, 6.45) is 6.43. The van der Waals surface area contributed by atoms with Gasteiger partial charge in [-0.3, -0.25) is 0 Å². The fraction of sp³-hybridized carbons (Fsp3) is 0.476. The lowest BCUT2D eigenvalue weighted by atomic mass is 10.2. The third-order valence-corrected chi connectivity index (χ3v) is 5.62. The molecule has 0 fully saturated rings. The van der Waals surface area contributed by atoms with Crippen LogP contribution < -0.4 is 10.6 Å². The standard InChI is InChI=1S/C21H31N7S/c1-17-25-26-20(27(17)2)16-24-21(23-12-7-15-29-3)22-11-6-13-28-14-10-18-8-4-5-9-19(18)28/h4-5,8-10,14H,6-7,11-13,15-16H2,1-3H3,(H2,22,23,24). The summed E-state index contributed by atoms with van der Waals surface area (Å²) in [5, 5.41) is 16.5. The number of aryl methyl sites for hydroxylation is 2. The molecule has 2 aromatic heterocycles. The molecule has 0 bridgehead atoms. The van der Waals surface area contributed by atoms with Gasteiger partial charge in [-0.1, -0.05) is 18.2 Å². The first-order valence-corrected chi connectivity index (χ1v) is 11.5. The van der Waals surface area contributed by atoms with Gasteiger partial charge in [-0.2, -0.15) is 11.8 Å². The molecule has 29 heavy (non-hydrogen) atoms. The number of benzene rings is 1. The number of nitrogens with one attached hydrogen (secondary N) is 2. The first-order chi connectivity index (χ1) is 14.2. The highest BCUT2D eigenvalue weighted by Crippen LogP contribution is 2.15. The zero-order chi connectivity index (χ0) is 20.5. The molecule has 3 aromatic rings. The molecule has 8 heteroatoms. The normalized spacial score (nSPS) is 11.9. The second-order valence-corrected chi connectivity index (χ2v) is 7.99. The van der Waals surface area contributed by atoms with Gasteiger partial charge in [0, 0.05) is 38.4 Å². The number of hydrogen-bond acceptors (Lipinski definition) is 4. The Labute approximate surface area is 177 Å². The van der Waals surface area contributed by atoms with Gasteiger partial charge in [-0.05, 0) is 49.3 Å². The number of hydrogen-bond donors (Lipinski definition) is 2. The average Bonchev–Trinajstić information content (AvgIpc) is 3.29. The number of guanidine groups is 1. The summed E-state index contributed by atoms with van der Waals surface area (Å²) >= 11 is 1.86. The van der Waals surface area contributed by atoms with Crippen LogP contribution in [0.25, 0.3) is 10.9 Å². The monoisotopic (exact) mass is 413 g/mol. The Hall–Kier alpha value is -2.48. The van der Waals surface area contributed by atoms with Crippen LogP contribution in [0, 0.1) is 6.92 Å². The molecule has 0 amide bonds. The van der Waals surface area contributed by atoms with Crippen molar-refractivity contribution in [1.29, 1.82) is 0 Å². The van der Waals surface area contributed by atoms with E-state index >= 15 is 0 Å². The van der Waals surface area contributed by atoms with Crippen molar-refractivity contribution < 1.29 is 0 Å². The third kappa shape index (κ3) is 6.00. The van der Waals surface area contributed by atoms with Crippen LogP contribution in [0.1, 0.15) is 24.5 Å². The van der Waals surface area contributed by atoms with Crippen LogP contribution in [0.15, 0.2) is 41.5 Å². The topological polar surface area (TPSA) is 72.1 Å². The summed E-state index contributed by atoms with van der Waals surface area (Å²) in [4.78, 5) is 4.71. The van der Waals surface area contributed by atoms with Crippen LogP contribution in [0.3, 0.4) is 0 Å². The summed E-state index contributed by atoms with van der Waals surface area (Å²) in [6, 6.07) is 10.7. The summed E-state index contributed by atoms with van der Waals surface area (Å²) in [5.41, 5.74) is 1.29. The number of rotatable bonds is 10. The number of para-hydroxylation sites is 1. The SMILES string of the molecule is CSCCCNC(=NCc1nnc(C)n1C)NCCCn1ccc2ccccc21. The van der Waals surface area contributed by atoms with Crippen molar-refractivity contribution in [3.8, 4) is 0 Å². The highest BCUT2D eigenvalue weighted by atomic mass is 32.2. The Balaban J connectivity index is 1.52. The molecule has 0 aliphatic rings. The molecule has 0 unspecified atom stereocenters. The van der Waals surface area contributed by atoms with E-state index in [4.69, 9.17) is 4.99 Å². The van der Waals surface area contributed by atoms with Gasteiger partial charge in [-0.15, -0.1) is 10.2 Å². The minimum absolute atomic E-state index is 0.511. The Morgan fingerprint density at radius 2 is 1.90 bits per heavy atom. The lowest BCUT2D eigenvalue weighted by Crippen LogP contribution is -2.38. The van der Waals surface area contributed by atoms with Crippen LogP contribution in [-0.4, -0.2) is 50.4 Å². The molecule has 1 aromatic carbocycles. The highest BCUT2D eigenvalue weighted by molar-refractivity contribution is 7.98. The Bertz CT molecular complexity index is 928. The zero-order valence-corrected chi connectivity index (χ0v) is 18.4. The second kappa shape index (κ2) is 10.9. The summed E-state index contributed by atoms with van der Waals surface area (Å²) in [5.74, 6) is 3.75. The van der Waals surface area contributed by atoms with Crippen molar-refractivity contribution in [3.05, 3.63) is 48.2 Å². The van der Waals surface area contributed by atoms with Gasteiger partial charge in [0.2, 0.25) is 0 Å². The van der Waals surface area contributed by atoms with Crippen LogP contribution in [0.4, 0.5) is 0 Å². The fourth-order valence-corrected chi connectivity index (χ4v) is 3.56. The smallest absolute Gasteiger partial charge is 0.191 e. The van der Waals surface area contributed by atoms with E-state index in [0.29, 0.717) is 6.54 Å². The van der Waals surface area contributed by atoms with E-state index in [1.165, 1.54) is 10.9 Å². The van der Waals surface area contributed by atoms with Crippen molar-refractivity contribution in [1.82, 2.24) is 30.0 Å². The van der Waals surface area contributed by atoms with Crippen molar-refractivity contribution in [2.24, 2.45) is 12.0 Å². The molecule has 0 aliphatic carbocycles. The number of nitrogens with zero attached hydrogens (tertiary/aromatic N) is 5. The van der Waals surface area contributed by atoms with E-state index in [9.17, 15) is 0 Å². The fourth-order valence-electron chi connectivity index (χ4n) is 3.13. The molecule has 0 aliphatic heterocycles. The number of aromatic nitrogens is 4. The first-order valence-electron chi connectivity index (χ1n) is 10.1. The largest absolute Gasteiger partial charge is 0.356 e. The Morgan fingerprint density at radius 3 is 2.66 bits per heavy atom. The van der Waals surface area contributed by atoms with Crippen molar-refractivity contribution in [2.45, 2.75) is 32.9 Å². The van der Waals surface area contributed by atoms with Crippen LogP contribution >= 0.6 is 11.8 Å².